The molecule has 146 valence electrons. The van der Waals surface area contributed by atoms with E-state index in [1.807, 2.05) is 0 Å². The Morgan fingerprint density at radius 3 is 1.21 bits per heavy atom. The first-order valence-electron chi connectivity index (χ1n) is 10.3. The SMILES string of the molecule is CO[Si](CCCCCCCCCCCCCCC(C)C)(OC)OC. The quantitative estimate of drug-likeness (QED) is 0.204. The number of rotatable bonds is 18. The highest BCUT2D eigenvalue weighted by Crippen LogP contribution is 2.19. The van der Waals surface area contributed by atoms with Crippen LogP contribution >= 0.6 is 0 Å². The maximum Gasteiger partial charge on any atom is 0.500 e. The lowest BCUT2D eigenvalue weighted by atomic mass is 10.0. The van der Waals surface area contributed by atoms with Crippen LogP contribution in [-0.4, -0.2) is 30.1 Å². The number of hydrogen-bond acceptors (Lipinski definition) is 3. The molecule has 0 atom stereocenters. The lowest BCUT2D eigenvalue weighted by Crippen LogP contribution is -2.42. The van der Waals surface area contributed by atoms with Gasteiger partial charge in [0.1, 0.15) is 0 Å². The second-order valence-electron chi connectivity index (χ2n) is 7.47. The highest BCUT2D eigenvalue weighted by atomic mass is 28.4. The summed E-state index contributed by atoms with van der Waals surface area (Å²) in [7, 11) is 2.77. The van der Waals surface area contributed by atoms with E-state index in [1.165, 1.54) is 77.0 Å². The van der Waals surface area contributed by atoms with Crippen LogP contribution in [0.5, 0.6) is 0 Å². The van der Waals surface area contributed by atoms with Crippen LogP contribution < -0.4 is 0 Å². The summed E-state index contributed by atoms with van der Waals surface area (Å²) in [5, 5.41) is 0. The molecule has 0 bridgehead atoms. The van der Waals surface area contributed by atoms with Crippen molar-refractivity contribution in [1.29, 1.82) is 0 Å². The molecule has 0 aromatic rings. The molecule has 0 rings (SSSR count). The first-order chi connectivity index (χ1) is 11.6. The molecule has 0 aliphatic rings. The monoisotopic (exact) mass is 360 g/mol. The molecule has 0 saturated heterocycles. The third kappa shape index (κ3) is 13.4. The molecule has 0 aliphatic heterocycles. The van der Waals surface area contributed by atoms with Crippen molar-refractivity contribution in [2.75, 3.05) is 21.3 Å². The van der Waals surface area contributed by atoms with E-state index in [0.717, 1.165) is 18.4 Å². The average Bonchev–Trinajstić information content (AvgIpc) is 2.59. The van der Waals surface area contributed by atoms with E-state index < -0.39 is 8.80 Å². The Labute approximate surface area is 153 Å². The van der Waals surface area contributed by atoms with Gasteiger partial charge in [-0.15, -0.1) is 0 Å². The second kappa shape index (κ2) is 16.6. The minimum absolute atomic E-state index is 0.877. The van der Waals surface area contributed by atoms with Crippen LogP contribution in [0, 0.1) is 5.92 Å². The van der Waals surface area contributed by atoms with Gasteiger partial charge < -0.3 is 13.3 Å². The Morgan fingerprint density at radius 1 is 0.542 bits per heavy atom. The molecule has 0 amide bonds. The van der Waals surface area contributed by atoms with Crippen molar-refractivity contribution < 1.29 is 13.3 Å². The standard InChI is InChI=1S/C20H44O3Si/c1-20(2)18-16-14-12-10-8-6-7-9-11-13-15-17-19-24(21-3,22-4)23-5/h20H,6-19H2,1-5H3. The van der Waals surface area contributed by atoms with Gasteiger partial charge >= 0.3 is 8.80 Å². The Balaban J connectivity index is 3.26. The van der Waals surface area contributed by atoms with E-state index in [1.54, 1.807) is 21.3 Å². The van der Waals surface area contributed by atoms with Gasteiger partial charge in [-0.25, -0.2) is 0 Å². The van der Waals surface area contributed by atoms with E-state index >= 15 is 0 Å². The van der Waals surface area contributed by atoms with Crippen LogP contribution in [0.4, 0.5) is 0 Å². The Morgan fingerprint density at radius 2 is 0.875 bits per heavy atom. The van der Waals surface area contributed by atoms with E-state index in [0.29, 0.717) is 0 Å². The van der Waals surface area contributed by atoms with Crippen LogP contribution in [0.2, 0.25) is 6.04 Å². The zero-order valence-corrected chi connectivity index (χ0v) is 18.2. The van der Waals surface area contributed by atoms with Crippen LogP contribution in [0.1, 0.15) is 97.3 Å². The average molecular weight is 361 g/mol. The first kappa shape index (κ1) is 24.1. The maximum atomic E-state index is 5.45. The molecular weight excluding hydrogens is 316 g/mol. The summed E-state index contributed by atoms with van der Waals surface area (Å²) in [4.78, 5) is 0. The highest BCUT2D eigenvalue weighted by molar-refractivity contribution is 6.60. The van der Waals surface area contributed by atoms with Gasteiger partial charge in [-0.05, 0) is 12.3 Å². The molecular formula is C20H44O3Si. The van der Waals surface area contributed by atoms with E-state index in [-0.39, 0.29) is 0 Å². The van der Waals surface area contributed by atoms with Gasteiger partial charge in [-0.2, -0.15) is 0 Å². The molecule has 0 aromatic heterocycles. The van der Waals surface area contributed by atoms with Crippen molar-refractivity contribution in [3.8, 4) is 0 Å². The second-order valence-corrected chi connectivity index (χ2v) is 10.6. The van der Waals surface area contributed by atoms with Crippen molar-refractivity contribution in [3.63, 3.8) is 0 Å². The summed E-state index contributed by atoms with van der Waals surface area (Å²) in [6.45, 7) is 4.65. The molecule has 0 heterocycles. The molecule has 3 nitrogen and oxygen atoms in total. The van der Waals surface area contributed by atoms with Gasteiger partial charge in [0, 0.05) is 27.4 Å². The lowest BCUT2D eigenvalue weighted by molar-refractivity contribution is 0.122. The van der Waals surface area contributed by atoms with Crippen LogP contribution in [0.15, 0.2) is 0 Å². The Bertz CT molecular complexity index is 247. The maximum absolute atomic E-state index is 5.45. The smallest absolute Gasteiger partial charge is 0.377 e. The third-order valence-electron chi connectivity index (χ3n) is 4.95. The molecule has 0 unspecified atom stereocenters. The fourth-order valence-electron chi connectivity index (χ4n) is 3.22. The molecule has 0 N–H and O–H groups in total. The summed E-state index contributed by atoms with van der Waals surface area (Å²) in [6.07, 6.45) is 17.9. The summed E-state index contributed by atoms with van der Waals surface area (Å²) in [6, 6.07) is 0.938. The van der Waals surface area contributed by atoms with Crippen LogP contribution in [0.3, 0.4) is 0 Å². The molecule has 4 heteroatoms. The summed E-state index contributed by atoms with van der Waals surface area (Å²) in [5.41, 5.74) is 0. The zero-order valence-electron chi connectivity index (χ0n) is 17.2. The molecule has 0 aromatic carbocycles. The van der Waals surface area contributed by atoms with Gasteiger partial charge in [0.15, 0.2) is 0 Å². The fourth-order valence-corrected chi connectivity index (χ4v) is 5.01. The number of unbranched alkanes of at least 4 members (excludes halogenated alkanes) is 11. The van der Waals surface area contributed by atoms with Gasteiger partial charge in [0.25, 0.3) is 0 Å². The zero-order chi connectivity index (χ0) is 18.1. The third-order valence-corrected chi connectivity index (χ3v) is 7.78. The van der Waals surface area contributed by atoms with Crippen molar-refractivity contribution in [1.82, 2.24) is 0 Å². The summed E-state index contributed by atoms with van der Waals surface area (Å²) in [5.74, 6) is 0.877. The van der Waals surface area contributed by atoms with Crippen molar-refractivity contribution in [3.05, 3.63) is 0 Å². The normalized spacial score (nSPS) is 12.2. The van der Waals surface area contributed by atoms with E-state index in [4.69, 9.17) is 13.3 Å². The van der Waals surface area contributed by atoms with Crippen LogP contribution in [0.25, 0.3) is 0 Å². The van der Waals surface area contributed by atoms with Gasteiger partial charge in [-0.1, -0.05) is 90.9 Å². The Hall–Kier alpha value is 0.0969. The van der Waals surface area contributed by atoms with Gasteiger partial charge in [-0.3, -0.25) is 0 Å². The van der Waals surface area contributed by atoms with Crippen molar-refractivity contribution in [2.24, 2.45) is 5.92 Å². The predicted molar refractivity (Wildman–Crippen MR) is 106 cm³/mol. The molecule has 0 fully saturated rings. The van der Waals surface area contributed by atoms with Gasteiger partial charge in [0.2, 0.25) is 0 Å². The highest BCUT2D eigenvalue weighted by Gasteiger charge is 2.36. The molecule has 0 radical (unpaired) electrons. The minimum atomic E-state index is -2.32. The van der Waals surface area contributed by atoms with E-state index in [2.05, 4.69) is 13.8 Å². The summed E-state index contributed by atoms with van der Waals surface area (Å²) < 4.78 is 16.3. The van der Waals surface area contributed by atoms with E-state index in [9.17, 15) is 0 Å². The molecule has 24 heavy (non-hydrogen) atoms. The summed E-state index contributed by atoms with van der Waals surface area (Å²) >= 11 is 0. The lowest BCUT2D eigenvalue weighted by Gasteiger charge is -2.24. The van der Waals surface area contributed by atoms with Crippen molar-refractivity contribution >= 4 is 8.80 Å². The van der Waals surface area contributed by atoms with Crippen LogP contribution in [-0.2, 0) is 13.3 Å². The minimum Gasteiger partial charge on any atom is -0.377 e. The molecule has 0 spiro atoms. The number of hydrogen-bond donors (Lipinski definition) is 0. The topological polar surface area (TPSA) is 27.7 Å². The Kier molecular flexibility index (Phi) is 16.6. The fraction of sp³-hybridized carbons (Fsp3) is 1.00. The molecule has 0 aliphatic carbocycles. The predicted octanol–water partition coefficient (Wildman–Crippen LogP) is 6.59. The van der Waals surface area contributed by atoms with Crippen molar-refractivity contribution in [2.45, 2.75) is 103 Å². The first-order valence-corrected chi connectivity index (χ1v) is 12.2. The van der Waals surface area contributed by atoms with Gasteiger partial charge in [0.05, 0.1) is 0 Å². The molecule has 0 saturated carbocycles. The largest absolute Gasteiger partial charge is 0.500 e.